The van der Waals surface area contributed by atoms with Gasteiger partial charge in [-0.1, -0.05) is 24.3 Å². The summed E-state index contributed by atoms with van der Waals surface area (Å²) >= 11 is 0. The summed E-state index contributed by atoms with van der Waals surface area (Å²) in [6.45, 7) is 2.08. The lowest BCUT2D eigenvalue weighted by molar-refractivity contribution is 0.341. The zero-order valence-corrected chi connectivity index (χ0v) is 6.87. The van der Waals surface area contributed by atoms with Gasteiger partial charge in [0.15, 0.2) is 0 Å². The lowest BCUT2D eigenvalue weighted by Gasteiger charge is -1.97. The van der Waals surface area contributed by atoms with Crippen LogP contribution in [0, 0.1) is 6.92 Å². The van der Waals surface area contributed by atoms with Gasteiger partial charge in [-0.15, -0.1) is 0 Å². The van der Waals surface area contributed by atoms with Crippen LogP contribution in [0.15, 0.2) is 30.5 Å². The summed E-state index contributed by atoms with van der Waals surface area (Å²) in [7, 11) is 1.65. The maximum absolute atomic E-state index is 4.82. The summed E-state index contributed by atoms with van der Waals surface area (Å²) in [5.41, 5.74) is 2.47. The van der Waals surface area contributed by atoms with Crippen LogP contribution in [0.3, 0.4) is 0 Å². The van der Waals surface area contributed by atoms with Crippen molar-refractivity contribution in [3.63, 3.8) is 0 Å². The predicted molar refractivity (Wildman–Crippen MR) is 47.2 cm³/mol. The van der Waals surface area contributed by atoms with E-state index in [0.29, 0.717) is 0 Å². The standard InChI is InChI=1S/C10H12O/c1-9-5-3-4-6-10(9)7-8-11-2/h3-8H,1-2H3/b8-7-. The highest BCUT2D eigenvalue weighted by molar-refractivity contribution is 5.52. The van der Waals surface area contributed by atoms with Gasteiger partial charge in [0, 0.05) is 0 Å². The van der Waals surface area contributed by atoms with E-state index in [2.05, 4.69) is 19.1 Å². The van der Waals surface area contributed by atoms with Crippen molar-refractivity contribution in [3.05, 3.63) is 41.7 Å². The van der Waals surface area contributed by atoms with Crippen LogP contribution in [0.1, 0.15) is 11.1 Å². The van der Waals surface area contributed by atoms with Gasteiger partial charge >= 0.3 is 0 Å². The molecule has 0 aliphatic heterocycles. The van der Waals surface area contributed by atoms with Crippen LogP contribution in [0.4, 0.5) is 0 Å². The van der Waals surface area contributed by atoms with Crippen molar-refractivity contribution in [3.8, 4) is 0 Å². The molecular formula is C10H12O. The quantitative estimate of drug-likeness (QED) is 0.586. The Morgan fingerprint density at radius 1 is 1.27 bits per heavy atom. The van der Waals surface area contributed by atoms with Crippen LogP contribution in [0.2, 0.25) is 0 Å². The molecule has 58 valence electrons. The van der Waals surface area contributed by atoms with Crippen molar-refractivity contribution in [1.29, 1.82) is 0 Å². The first-order chi connectivity index (χ1) is 5.34. The molecule has 0 aliphatic carbocycles. The molecule has 1 aromatic rings. The molecule has 1 rings (SSSR count). The van der Waals surface area contributed by atoms with Gasteiger partial charge in [-0.2, -0.15) is 0 Å². The van der Waals surface area contributed by atoms with E-state index in [0.717, 1.165) is 0 Å². The Morgan fingerprint density at radius 3 is 2.64 bits per heavy atom. The first kappa shape index (κ1) is 7.86. The van der Waals surface area contributed by atoms with Crippen molar-refractivity contribution in [1.82, 2.24) is 0 Å². The molecule has 0 unspecified atom stereocenters. The second-order valence-electron chi connectivity index (χ2n) is 2.40. The molecule has 0 heterocycles. The third-order valence-corrected chi connectivity index (χ3v) is 1.57. The van der Waals surface area contributed by atoms with Gasteiger partial charge in [-0.3, -0.25) is 0 Å². The van der Waals surface area contributed by atoms with Crippen LogP contribution < -0.4 is 0 Å². The zero-order chi connectivity index (χ0) is 8.10. The Balaban J connectivity index is 2.86. The summed E-state index contributed by atoms with van der Waals surface area (Å²) in [6, 6.07) is 8.18. The van der Waals surface area contributed by atoms with E-state index in [1.54, 1.807) is 13.4 Å². The van der Waals surface area contributed by atoms with Crippen molar-refractivity contribution in [2.24, 2.45) is 0 Å². The molecule has 0 aliphatic rings. The largest absolute Gasteiger partial charge is 0.504 e. The van der Waals surface area contributed by atoms with Crippen molar-refractivity contribution >= 4 is 6.08 Å². The van der Waals surface area contributed by atoms with Crippen LogP contribution >= 0.6 is 0 Å². The van der Waals surface area contributed by atoms with Gasteiger partial charge in [0.25, 0.3) is 0 Å². The number of methoxy groups -OCH3 is 1. The molecule has 0 amide bonds. The van der Waals surface area contributed by atoms with Crippen molar-refractivity contribution in [2.75, 3.05) is 7.11 Å². The van der Waals surface area contributed by atoms with Crippen molar-refractivity contribution < 1.29 is 4.74 Å². The van der Waals surface area contributed by atoms with Crippen LogP contribution in [-0.2, 0) is 4.74 Å². The monoisotopic (exact) mass is 148 g/mol. The highest BCUT2D eigenvalue weighted by Crippen LogP contribution is 2.08. The predicted octanol–water partition coefficient (Wildman–Crippen LogP) is 2.61. The molecule has 0 spiro atoms. The average Bonchev–Trinajstić information content (AvgIpc) is 2.03. The number of benzene rings is 1. The minimum atomic E-state index is 1.20. The minimum absolute atomic E-state index is 1.20. The molecule has 0 N–H and O–H groups in total. The number of hydrogen-bond donors (Lipinski definition) is 0. The average molecular weight is 148 g/mol. The Bertz CT molecular complexity index is 251. The Morgan fingerprint density at radius 2 is 2.00 bits per heavy atom. The first-order valence-electron chi connectivity index (χ1n) is 3.59. The molecule has 0 fully saturated rings. The van der Waals surface area contributed by atoms with E-state index in [4.69, 9.17) is 4.74 Å². The van der Waals surface area contributed by atoms with Crippen LogP contribution in [0.25, 0.3) is 6.08 Å². The van der Waals surface area contributed by atoms with Gasteiger partial charge in [0.2, 0.25) is 0 Å². The molecule has 0 atom stereocenters. The highest BCUT2D eigenvalue weighted by Gasteiger charge is 1.89. The van der Waals surface area contributed by atoms with Gasteiger partial charge in [0.05, 0.1) is 13.4 Å². The van der Waals surface area contributed by atoms with E-state index in [-0.39, 0.29) is 0 Å². The summed E-state index contributed by atoms with van der Waals surface area (Å²) in [4.78, 5) is 0. The maximum atomic E-state index is 4.82. The topological polar surface area (TPSA) is 9.23 Å². The zero-order valence-electron chi connectivity index (χ0n) is 6.87. The molecule has 0 saturated carbocycles. The fourth-order valence-electron chi connectivity index (χ4n) is 0.915. The minimum Gasteiger partial charge on any atom is -0.504 e. The molecule has 1 nitrogen and oxygen atoms in total. The first-order valence-corrected chi connectivity index (χ1v) is 3.59. The summed E-state index contributed by atoms with van der Waals surface area (Å²) in [5.74, 6) is 0. The SMILES string of the molecule is CO/C=C\c1ccccc1C. The number of ether oxygens (including phenoxy) is 1. The summed E-state index contributed by atoms with van der Waals surface area (Å²) < 4.78 is 4.82. The number of hydrogen-bond acceptors (Lipinski definition) is 1. The fourth-order valence-corrected chi connectivity index (χ4v) is 0.915. The lowest BCUT2D eigenvalue weighted by Crippen LogP contribution is -1.77. The third kappa shape index (κ3) is 2.11. The second kappa shape index (κ2) is 3.81. The van der Waals surface area contributed by atoms with E-state index in [9.17, 15) is 0 Å². The van der Waals surface area contributed by atoms with Crippen molar-refractivity contribution in [2.45, 2.75) is 6.92 Å². The van der Waals surface area contributed by atoms with Gasteiger partial charge in [-0.05, 0) is 24.1 Å². The molecular weight excluding hydrogens is 136 g/mol. The number of aryl methyl sites for hydroxylation is 1. The second-order valence-corrected chi connectivity index (χ2v) is 2.40. The highest BCUT2D eigenvalue weighted by atomic mass is 16.5. The third-order valence-electron chi connectivity index (χ3n) is 1.57. The normalized spacial score (nSPS) is 10.4. The molecule has 1 heteroatoms. The Labute approximate surface area is 67.3 Å². The Hall–Kier alpha value is -1.24. The molecule has 0 radical (unpaired) electrons. The molecule has 0 saturated heterocycles. The molecule has 1 aromatic carbocycles. The van der Waals surface area contributed by atoms with Crippen LogP contribution in [0.5, 0.6) is 0 Å². The lowest BCUT2D eigenvalue weighted by atomic mass is 10.1. The summed E-state index contributed by atoms with van der Waals surface area (Å²) in [6.07, 6.45) is 3.64. The maximum Gasteiger partial charge on any atom is 0.0830 e. The van der Waals surface area contributed by atoms with Gasteiger partial charge in [-0.25, -0.2) is 0 Å². The summed E-state index contributed by atoms with van der Waals surface area (Å²) in [5, 5.41) is 0. The van der Waals surface area contributed by atoms with E-state index >= 15 is 0 Å². The van der Waals surface area contributed by atoms with Gasteiger partial charge < -0.3 is 4.74 Å². The molecule has 0 bridgehead atoms. The smallest absolute Gasteiger partial charge is 0.0830 e. The fraction of sp³-hybridized carbons (Fsp3) is 0.200. The number of rotatable bonds is 2. The Kier molecular flexibility index (Phi) is 2.73. The molecule has 11 heavy (non-hydrogen) atoms. The van der Waals surface area contributed by atoms with Gasteiger partial charge in [0.1, 0.15) is 0 Å². The van der Waals surface area contributed by atoms with E-state index < -0.39 is 0 Å². The molecule has 0 aromatic heterocycles. The van der Waals surface area contributed by atoms with Crippen LogP contribution in [-0.4, -0.2) is 7.11 Å². The van der Waals surface area contributed by atoms with E-state index in [1.807, 2.05) is 18.2 Å². The van der Waals surface area contributed by atoms with E-state index in [1.165, 1.54) is 11.1 Å².